The van der Waals surface area contributed by atoms with Crippen LogP contribution < -0.4 is 19.1 Å². The zero-order chi connectivity index (χ0) is 23.1. The number of hydrogen-bond acceptors (Lipinski definition) is 9. The predicted octanol–water partition coefficient (Wildman–Crippen LogP) is 1.91. The topological polar surface area (TPSA) is 108 Å². The molecule has 172 valence electrons. The van der Waals surface area contributed by atoms with Gasteiger partial charge < -0.3 is 24.0 Å². The molecule has 11 heteroatoms. The fourth-order valence-corrected chi connectivity index (χ4v) is 4.22. The maximum Gasteiger partial charge on any atom is 0.254 e. The van der Waals surface area contributed by atoms with Crippen molar-refractivity contribution in [2.75, 3.05) is 45.0 Å². The molecule has 1 saturated heterocycles. The number of rotatable bonds is 4. The maximum atomic E-state index is 13.0. The van der Waals surface area contributed by atoms with E-state index in [2.05, 4.69) is 25.2 Å². The summed E-state index contributed by atoms with van der Waals surface area (Å²) in [4.78, 5) is 25.9. The molecule has 0 atom stereocenters. The number of amides is 1. The molecule has 2 aromatic carbocycles. The molecule has 2 aliphatic rings. The average Bonchev–Trinajstić information content (AvgIpc) is 3.55. The fourth-order valence-electron chi connectivity index (χ4n) is 4.22. The van der Waals surface area contributed by atoms with Crippen LogP contribution in [0, 0.1) is 0 Å². The zero-order valence-corrected chi connectivity index (χ0v) is 18.4. The van der Waals surface area contributed by atoms with Crippen molar-refractivity contribution < 1.29 is 19.0 Å². The first-order chi connectivity index (χ1) is 16.7. The van der Waals surface area contributed by atoms with E-state index in [0.717, 1.165) is 11.4 Å². The van der Waals surface area contributed by atoms with E-state index in [0.29, 0.717) is 60.2 Å². The molecule has 2 aliphatic heterocycles. The quantitative estimate of drug-likeness (QED) is 0.452. The van der Waals surface area contributed by atoms with Crippen LogP contribution in [0.4, 0.5) is 5.82 Å². The van der Waals surface area contributed by atoms with Gasteiger partial charge >= 0.3 is 0 Å². The largest absolute Gasteiger partial charge is 0.497 e. The van der Waals surface area contributed by atoms with Gasteiger partial charge in [0, 0.05) is 37.8 Å². The monoisotopic (exact) mass is 459 g/mol. The molecule has 4 heterocycles. The number of piperazine rings is 1. The van der Waals surface area contributed by atoms with Crippen molar-refractivity contribution in [3.8, 4) is 22.9 Å². The molecule has 4 aromatic rings. The third kappa shape index (κ3) is 3.41. The van der Waals surface area contributed by atoms with Gasteiger partial charge in [0.15, 0.2) is 28.5 Å². The summed E-state index contributed by atoms with van der Waals surface area (Å²) in [7, 11) is 1.62. The van der Waals surface area contributed by atoms with Crippen LogP contribution in [0.3, 0.4) is 0 Å². The van der Waals surface area contributed by atoms with Crippen LogP contribution in [0.1, 0.15) is 10.4 Å². The van der Waals surface area contributed by atoms with Crippen LogP contribution in [-0.2, 0) is 0 Å². The molecule has 0 N–H and O–H groups in total. The first-order valence-corrected chi connectivity index (χ1v) is 10.9. The van der Waals surface area contributed by atoms with Gasteiger partial charge in [-0.25, -0.2) is 9.97 Å². The fraction of sp³-hybridized carbons (Fsp3) is 0.261. The molecule has 1 fully saturated rings. The smallest absolute Gasteiger partial charge is 0.254 e. The average molecular weight is 459 g/mol. The highest BCUT2D eigenvalue weighted by molar-refractivity contribution is 5.95. The van der Waals surface area contributed by atoms with E-state index in [1.165, 1.54) is 6.33 Å². The lowest BCUT2D eigenvalue weighted by Gasteiger charge is -2.35. The Morgan fingerprint density at radius 3 is 2.71 bits per heavy atom. The van der Waals surface area contributed by atoms with Crippen LogP contribution in [0.25, 0.3) is 16.9 Å². The standard InChI is InChI=1S/C23H21N7O4/c1-32-17-4-2-3-16(12-17)30-22-20(26-27-30)21(24-13-25-22)28-7-9-29(10-8-28)23(31)15-5-6-18-19(11-15)34-14-33-18/h2-6,11-13H,7-10,14H2,1H3. The van der Waals surface area contributed by atoms with Gasteiger partial charge in [0.25, 0.3) is 5.91 Å². The SMILES string of the molecule is COc1cccc(-n2nnc3c(N4CCN(C(=O)c5ccc6c(c5)OCO6)CC4)ncnc32)c1. The Morgan fingerprint density at radius 1 is 1.00 bits per heavy atom. The number of carbonyl (C=O) groups excluding carboxylic acids is 1. The molecule has 0 spiro atoms. The Kier molecular flexibility index (Phi) is 4.86. The normalized spacial score (nSPS) is 15.1. The third-order valence-corrected chi connectivity index (χ3v) is 6.00. The van der Waals surface area contributed by atoms with Crippen LogP contribution in [0.15, 0.2) is 48.8 Å². The van der Waals surface area contributed by atoms with Crippen LogP contribution in [0.2, 0.25) is 0 Å². The van der Waals surface area contributed by atoms with Gasteiger partial charge in [0.2, 0.25) is 6.79 Å². The lowest BCUT2D eigenvalue weighted by atomic mass is 10.1. The summed E-state index contributed by atoms with van der Waals surface area (Å²) in [5.74, 6) is 2.66. The summed E-state index contributed by atoms with van der Waals surface area (Å²) in [6, 6.07) is 12.8. The molecular formula is C23H21N7O4. The van der Waals surface area contributed by atoms with E-state index in [1.807, 2.05) is 29.2 Å². The molecule has 0 saturated carbocycles. The molecule has 1 amide bonds. The Balaban J connectivity index is 1.21. The van der Waals surface area contributed by atoms with Crippen molar-refractivity contribution in [2.45, 2.75) is 0 Å². The summed E-state index contributed by atoms with van der Waals surface area (Å²) >= 11 is 0. The van der Waals surface area contributed by atoms with Gasteiger partial charge in [-0.2, -0.15) is 4.68 Å². The summed E-state index contributed by atoms with van der Waals surface area (Å²) in [6.07, 6.45) is 1.52. The van der Waals surface area contributed by atoms with Crippen molar-refractivity contribution >= 4 is 22.9 Å². The molecule has 11 nitrogen and oxygen atoms in total. The van der Waals surface area contributed by atoms with Gasteiger partial charge in [-0.05, 0) is 30.3 Å². The highest BCUT2D eigenvalue weighted by atomic mass is 16.7. The predicted molar refractivity (Wildman–Crippen MR) is 122 cm³/mol. The maximum absolute atomic E-state index is 13.0. The number of aromatic nitrogens is 5. The summed E-state index contributed by atoms with van der Waals surface area (Å²) < 4.78 is 17.7. The van der Waals surface area contributed by atoms with Gasteiger partial charge in [-0.1, -0.05) is 11.3 Å². The second-order valence-corrected chi connectivity index (χ2v) is 7.92. The van der Waals surface area contributed by atoms with Crippen molar-refractivity contribution in [2.24, 2.45) is 0 Å². The summed E-state index contributed by atoms with van der Waals surface area (Å²) in [5.41, 5.74) is 2.60. The Labute approximate surface area is 194 Å². The number of benzene rings is 2. The Hall–Kier alpha value is -4.41. The molecule has 0 aliphatic carbocycles. The number of fused-ring (bicyclic) bond motifs is 2. The minimum atomic E-state index is -0.0326. The second-order valence-electron chi connectivity index (χ2n) is 7.92. The molecule has 34 heavy (non-hydrogen) atoms. The molecular weight excluding hydrogens is 438 g/mol. The van der Waals surface area contributed by atoms with Crippen molar-refractivity contribution in [3.63, 3.8) is 0 Å². The third-order valence-electron chi connectivity index (χ3n) is 6.00. The lowest BCUT2D eigenvalue weighted by Crippen LogP contribution is -2.49. The summed E-state index contributed by atoms with van der Waals surface area (Å²) in [6.45, 7) is 2.54. The van der Waals surface area contributed by atoms with E-state index in [1.54, 1.807) is 30.0 Å². The number of anilines is 1. The van der Waals surface area contributed by atoms with Crippen molar-refractivity contribution in [1.29, 1.82) is 0 Å². The second kappa shape index (κ2) is 8.18. The number of methoxy groups -OCH3 is 1. The van der Waals surface area contributed by atoms with E-state index in [-0.39, 0.29) is 12.7 Å². The lowest BCUT2D eigenvalue weighted by molar-refractivity contribution is 0.0746. The van der Waals surface area contributed by atoms with Crippen molar-refractivity contribution in [1.82, 2.24) is 29.9 Å². The molecule has 6 rings (SSSR count). The Morgan fingerprint density at radius 2 is 1.85 bits per heavy atom. The molecule has 0 bridgehead atoms. The first-order valence-electron chi connectivity index (χ1n) is 10.9. The molecule has 2 aromatic heterocycles. The van der Waals surface area contributed by atoms with Gasteiger partial charge in [-0.15, -0.1) is 5.10 Å². The molecule has 0 radical (unpaired) electrons. The van der Waals surface area contributed by atoms with Crippen LogP contribution in [-0.4, -0.2) is 75.9 Å². The van der Waals surface area contributed by atoms with Crippen LogP contribution >= 0.6 is 0 Å². The first kappa shape index (κ1) is 20.2. The van der Waals surface area contributed by atoms with Gasteiger partial charge in [0.1, 0.15) is 12.1 Å². The highest BCUT2D eigenvalue weighted by Crippen LogP contribution is 2.33. The van der Waals surface area contributed by atoms with E-state index < -0.39 is 0 Å². The number of ether oxygens (including phenoxy) is 3. The van der Waals surface area contributed by atoms with Crippen LogP contribution in [0.5, 0.6) is 17.2 Å². The molecule has 0 unspecified atom stereocenters. The van der Waals surface area contributed by atoms with E-state index >= 15 is 0 Å². The number of carbonyl (C=O) groups is 1. The summed E-state index contributed by atoms with van der Waals surface area (Å²) in [5, 5.41) is 8.66. The van der Waals surface area contributed by atoms with Gasteiger partial charge in [0.05, 0.1) is 12.8 Å². The van der Waals surface area contributed by atoms with Crippen molar-refractivity contribution in [3.05, 3.63) is 54.4 Å². The van der Waals surface area contributed by atoms with E-state index in [4.69, 9.17) is 14.2 Å². The zero-order valence-electron chi connectivity index (χ0n) is 18.4. The minimum absolute atomic E-state index is 0.0326. The number of hydrogen-bond donors (Lipinski definition) is 0. The van der Waals surface area contributed by atoms with E-state index in [9.17, 15) is 4.79 Å². The Bertz CT molecular complexity index is 1380. The minimum Gasteiger partial charge on any atom is -0.497 e. The van der Waals surface area contributed by atoms with Gasteiger partial charge in [-0.3, -0.25) is 4.79 Å². The number of nitrogens with zero attached hydrogens (tertiary/aromatic N) is 7. The highest BCUT2D eigenvalue weighted by Gasteiger charge is 2.26.